The van der Waals surface area contributed by atoms with Gasteiger partial charge in [0.25, 0.3) is 0 Å². The lowest BCUT2D eigenvalue weighted by atomic mass is 9.79. The Morgan fingerprint density at radius 2 is 1.67 bits per heavy atom. The lowest BCUT2D eigenvalue weighted by Gasteiger charge is -2.32. The van der Waals surface area contributed by atoms with Crippen molar-refractivity contribution in [1.29, 1.82) is 0 Å². The van der Waals surface area contributed by atoms with Gasteiger partial charge in [-0.15, -0.1) is 0 Å². The highest BCUT2D eigenvalue weighted by Crippen LogP contribution is 2.37. The van der Waals surface area contributed by atoms with Crippen LogP contribution in [0.2, 0.25) is 0 Å². The summed E-state index contributed by atoms with van der Waals surface area (Å²) < 4.78 is 18.2. The molecule has 0 N–H and O–H groups in total. The summed E-state index contributed by atoms with van der Waals surface area (Å²) in [5, 5.41) is 0. The minimum Gasteiger partial charge on any atom is -0.496 e. The number of hydrogen-bond acceptors (Lipinski definition) is 3. The molecule has 1 aliphatic heterocycles. The van der Waals surface area contributed by atoms with E-state index in [-0.39, 0.29) is 18.3 Å². The van der Waals surface area contributed by atoms with E-state index in [0.717, 1.165) is 15.7 Å². The minimum atomic E-state index is -0.350. The molecule has 2 rings (SSSR count). The van der Waals surface area contributed by atoms with E-state index in [1.807, 2.05) is 45.9 Å². The normalized spacial score (nSPS) is 21.1. The van der Waals surface area contributed by atoms with Crippen molar-refractivity contribution >= 4 is 28.5 Å². The van der Waals surface area contributed by atoms with E-state index < -0.39 is 0 Å². The third kappa shape index (κ3) is 2.31. The Balaban J connectivity index is 2.30. The van der Waals surface area contributed by atoms with E-state index in [9.17, 15) is 0 Å². The average Bonchev–Trinajstić information content (AvgIpc) is 2.49. The van der Waals surface area contributed by atoms with Gasteiger partial charge in [0, 0.05) is 0 Å². The van der Waals surface area contributed by atoms with Gasteiger partial charge in [-0.25, -0.2) is 0 Å². The molecular weight excluding hydrogens is 295 g/mol. The maximum atomic E-state index is 6.00. The van der Waals surface area contributed by atoms with Crippen LogP contribution in [0.25, 0.3) is 0 Å². The van der Waals surface area contributed by atoms with E-state index in [1.165, 1.54) is 0 Å². The van der Waals surface area contributed by atoms with Crippen molar-refractivity contribution in [2.45, 2.75) is 38.9 Å². The number of benzene rings is 1. The van der Waals surface area contributed by atoms with Crippen molar-refractivity contribution in [2.24, 2.45) is 0 Å². The van der Waals surface area contributed by atoms with E-state index in [4.69, 9.17) is 14.0 Å². The number of rotatable bonds is 2. The zero-order chi connectivity index (χ0) is 13.6. The van der Waals surface area contributed by atoms with Gasteiger partial charge in [-0.1, -0.05) is 6.07 Å². The number of ether oxygens (including phenoxy) is 1. The first-order chi connectivity index (χ1) is 8.27. The highest BCUT2D eigenvalue weighted by molar-refractivity contribution is 9.10. The number of halogens is 1. The fraction of sp³-hybridized carbons (Fsp3) is 0.538. The van der Waals surface area contributed by atoms with Crippen LogP contribution in [0, 0.1) is 0 Å². The highest BCUT2D eigenvalue weighted by Gasteiger charge is 2.51. The van der Waals surface area contributed by atoms with Crippen LogP contribution in [0.4, 0.5) is 0 Å². The summed E-state index contributed by atoms with van der Waals surface area (Å²) in [5.74, 6) is 0.780. The maximum Gasteiger partial charge on any atom is 0.494 e. The molecule has 5 heteroatoms. The van der Waals surface area contributed by atoms with Gasteiger partial charge in [-0.2, -0.15) is 0 Å². The van der Waals surface area contributed by atoms with Crippen LogP contribution in [0.15, 0.2) is 22.7 Å². The van der Waals surface area contributed by atoms with Gasteiger partial charge in [0.1, 0.15) is 5.75 Å². The first-order valence-electron chi connectivity index (χ1n) is 5.96. The van der Waals surface area contributed by atoms with Crippen molar-refractivity contribution in [3.63, 3.8) is 0 Å². The lowest BCUT2D eigenvalue weighted by Crippen LogP contribution is -2.41. The van der Waals surface area contributed by atoms with Crippen molar-refractivity contribution in [2.75, 3.05) is 7.11 Å². The standard InChI is InChI=1S/C13H18BBrO3/c1-12(2)13(3,4)18-14(17-12)9-6-7-10(15)11(8-9)16-5/h6-8H,1-5H3. The van der Waals surface area contributed by atoms with Gasteiger partial charge < -0.3 is 14.0 Å². The molecule has 0 amide bonds. The molecule has 0 radical (unpaired) electrons. The van der Waals surface area contributed by atoms with Crippen LogP contribution < -0.4 is 10.2 Å². The van der Waals surface area contributed by atoms with E-state index in [2.05, 4.69) is 15.9 Å². The molecular formula is C13H18BBrO3. The number of methoxy groups -OCH3 is 1. The van der Waals surface area contributed by atoms with E-state index in [1.54, 1.807) is 7.11 Å². The van der Waals surface area contributed by atoms with E-state index >= 15 is 0 Å². The van der Waals surface area contributed by atoms with Crippen LogP contribution in [-0.2, 0) is 9.31 Å². The molecule has 0 bridgehead atoms. The van der Waals surface area contributed by atoms with Gasteiger partial charge >= 0.3 is 7.12 Å². The second-order valence-electron chi connectivity index (χ2n) is 5.48. The van der Waals surface area contributed by atoms with Crippen LogP contribution in [0.1, 0.15) is 27.7 Å². The molecule has 0 aromatic heterocycles. The minimum absolute atomic E-state index is 0.321. The third-order valence-electron chi connectivity index (χ3n) is 3.70. The molecule has 18 heavy (non-hydrogen) atoms. The average molecular weight is 313 g/mol. The summed E-state index contributed by atoms with van der Waals surface area (Å²) in [5.41, 5.74) is 0.323. The monoisotopic (exact) mass is 312 g/mol. The zero-order valence-electron chi connectivity index (χ0n) is 11.4. The predicted molar refractivity (Wildman–Crippen MR) is 76.4 cm³/mol. The molecule has 0 saturated carbocycles. The van der Waals surface area contributed by atoms with Crippen LogP contribution in [0.5, 0.6) is 5.75 Å². The molecule has 1 saturated heterocycles. The van der Waals surface area contributed by atoms with Crippen LogP contribution >= 0.6 is 15.9 Å². The zero-order valence-corrected chi connectivity index (χ0v) is 13.0. The molecule has 1 heterocycles. The van der Waals surface area contributed by atoms with Crippen molar-refractivity contribution in [3.05, 3.63) is 22.7 Å². The molecule has 0 aliphatic carbocycles. The van der Waals surface area contributed by atoms with Gasteiger partial charge in [0.15, 0.2) is 0 Å². The lowest BCUT2D eigenvalue weighted by molar-refractivity contribution is 0.00578. The Kier molecular flexibility index (Phi) is 3.51. The Labute approximate surface area is 117 Å². The summed E-state index contributed by atoms with van der Waals surface area (Å²) in [7, 11) is 1.30. The van der Waals surface area contributed by atoms with Gasteiger partial charge in [-0.3, -0.25) is 0 Å². The highest BCUT2D eigenvalue weighted by atomic mass is 79.9. The fourth-order valence-corrected chi connectivity index (χ4v) is 2.21. The third-order valence-corrected chi connectivity index (χ3v) is 4.36. The van der Waals surface area contributed by atoms with Crippen LogP contribution in [0.3, 0.4) is 0 Å². The Hall–Kier alpha value is -0.515. The summed E-state index contributed by atoms with van der Waals surface area (Å²) in [4.78, 5) is 0. The second-order valence-corrected chi connectivity index (χ2v) is 6.34. The molecule has 1 aliphatic rings. The molecule has 1 aromatic rings. The molecule has 1 aromatic carbocycles. The topological polar surface area (TPSA) is 27.7 Å². The van der Waals surface area contributed by atoms with Gasteiger partial charge in [-0.05, 0) is 61.2 Å². The van der Waals surface area contributed by atoms with Gasteiger partial charge in [0.2, 0.25) is 0 Å². The van der Waals surface area contributed by atoms with Crippen molar-refractivity contribution in [1.82, 2.24) is 0 Å². The summed E-state index contributed by atoms with van der Waals surface area (Å²) >= 11 is 3.44. The second kappa shape index (κ2) is 4.55. The Morgan fingerprint density at radius 3 is 2.17 bits per heavy atom. The SMILES string of the molecule is COc1cc(B2OC(C)(C)C(C)(C)O2)ccc1Br. The largest absolute Gasteiger partial charge is 0.496 e. The molecule has 3 nitrogen and oxygen atoms in total. The molecule has 0 spiro atoms. The van der Waals surface area contributed by atoms with Gasteiger partial charge in [0.05, 0.1) is 22.8 Å². The molecule has 0 unspecified atom stereocenters. The Morgan fingerprint density at radius 1 is 1.11 bits per heavy atom. The quantitative estimate of drug-likeness (QED) is 0.786. The molecule has 1 fully saturated rings. The summed E-state index contributed by atoms with van der Waals surface area (Å²) in [6, 6.07) is 5.86. The molecule has 0 atom stereocenters. The van der Waals surface area contributed by atoms with Crippen molar-refractivity contribution in [3.8, 4) is 5.75 Å². The maximum absolute atomic E-state index is 6.00. The predicted octanol–water partition coefficient (Wildman–Crippen LogP) is 2.76. The van der Waals surface area contributed by atoms with Crippen LogP contribution in [-0.4, -0.2) is 25.4 Å². The summed E-state index contributed by atoms with van der Waals surface area (Å²) in [6.07, 6.45) is 0. The number of hydrogen-bond donors (Lipinski definition) is 0. The fourth-order valence-electron chi connectivity index (χ4n) is 1.80. The van der Waals surface area contributed by atoms with Crippen molar-refractivity contribution < 1.29 is 14.0 Å². The first kappa shape index (κ1) is 13.9. The summed E-state index contributed by atoms with van der Waals surface area (Å²) in [6.45, 7) is 8.18. The smallest absolute Gasteiger partial charge is 0.494 e. The first-order valence-corrected chi connectivity index (χ1v) is 6.75. The Bertz CT molecular complexity index is 444. The van der Waals surface area contributed by atoms with E-state index in [0.29, 0.717) is 0 Å². The molecule has 98 valence electrons.